The Labute approximate surface area is 139 Å². The molecule has 0 N–H and O–H groups in total. The van der Waals surface area contributed by atoms with Gasteiger partial charge in [-0.25, -0.2) is 4.79 Å². The van der Waals surface area contributed by atoms with Crippen LogP contribution in [0.4, 0.5) is 0 Å². The van der Waals surface area contributed by atoms with Gasteiger partial charge in [-0.2, -0.15) is 0 Å². The van der Waals surface area contributed by atoms with Crippen LogP contribution in [0.1, 0.15) is 24.5 Å². The molecule has 1 amide bonds. The van der Waals surface area contributed by atoms with Gasteiger partial charge in [-0.3, -0.25) is 9.69 Å². The third-order valence-electron chi connectivity index (χ3n) is 3.69. The van der Waals surface area contributed by atoms with Crippen molar-refractivity contribution in [3.63, 3.8) is 0 Å². The highest BCUT2D eigenvalue weighted by molar-refractivity contribution is 8.05. The number of benzene rings is 1. The Bertz CT molecular complexity index is 734. The maximum atomic E-state index is 12.6. The van der Waals surface area contributed by atoms with E-state index in [1.807, 2.05) is 18.2 Å². The van der Waals surface area contributed by atoms with Gasteiger partial charge in [-0.1, -0.05) is 35.9 Å². The van der Waals surface area contributed by atoms with E-state index in [2.05, 4.69) is 12.1 Å². The number of fused-ring (bicyclic) bond motifs is 1. The van der Waals surface area contributed by atoms with Crippen LogP contribution in [0.2, 0.25) is 0 Å². The molecule has 1 aromatic rings. The highest BCUT2D eigenvalue weighted by atomic mass is 32.2. The topological polar surface area (TPSA) is 46.6 Å². The van der Waals surface area contributed by atoms with Gasteiger partial charge in [0.1, 0.15) is 5.70 Å². The predicted molar refractivity (Wildman–Crippen MR) is 91.0 cm³/mol. The Morgan fingerprint density at radius 2 is 2.13 bits per heavy atom. The second kappa shape index (κ2) is 6.87. The van der Waals surface area contributed by atoms with E-state index in [0.29, 0.717) is 6.42 Å². The summed E-state index contributed by atoms with van der Waals surface area (Å²) >= 11 is 1.36. The molecule has 0 aromatic heterocycles. The Morgan fingerprint density at radius 3 is 2.91 bits per heavy atom. The Kier molecular flexibility index (Phi) is 4.67. The lowest BCUT2D eigenvalue weighted by molar-refractivity contribution is -0.142. The first-order valence-corrected chi connectivity index (χ1v) is 8.42. The van der Waals surface area contributed by atoms with Gasteiger partial charge in [0.2, 0.25) is 5.91 Å². The van der Waals surface area contributed by atoms with Gasteiger partial charge in [0.05, 0.1) is 6.61 Å². The summed E-state index contributed by atoms with van der Waals surface area (Å²) in [6, 6.07) is 8.12. The molecule has 0 saturated carbocycles. The molecular weight excluding hydrogens is 310 g/mol. The number of thioether (sulfide) groups is 1. The third kappa shape index (κ3) is 3.40. The van der Waals surface area contributed by atoms with Gasteiger partial charge in [-0.15, -0.1) is 11.8 Å². The maximum absolute atomic E-state index is 12.6. The van der Waals surface area contributed by atoms with Gasteiger partial charge in [0, 0.05) is 18.0 Å². The van der Waals surface area contributed by atoms with Gasteiger partial charge < -0.3 is 4.74 Å². The van der Waals surface area contributed by atoms with Crippen molar-refractivity contribution in [3.8, 4) is 0 Å². The molecule has 0 radical (unpaired) electrons. The number of carbonyl (C=O) groups excluding carboxylic acids is 2. The lowest BCUT2D eigenvalue weighted by Crippen LogP contribution is -2.31. The average Bonchev–Trinajstić information content (AvgIpc) is 2.97. The molecule has 4 nitrogen and oxygen atoms in total. The van der Waals surface area contributed by atoms with Crippen molar-refractivity contribution in [1.29, 1.82) is 0 Å². The zero-order valence-electron chi connectivity index (χ0n) is 12.8. The first-order chi connectivity index (χ1) is 11.2. The van der Waals surface area contributed by atoms with Gasteiger partial charge in [-0.05, 0) is 29.9 Å². The average molecular weight is 327 g/mol. The van der Waals surface area contributed by atoms with Crippen LogP contribution in [0, 0.1) is 0 Å². The molecule has 0 saturated heterocycles. The number of esters is 1. The largest absolute Gasteiger partial charge is 0.461 e. The minimum atomic E-state index is -0.471. The van der Waals surface area contributed by atoms with E-state index in [0.717, 1.165) is 12.0 Å². The molecule has 0 atom stereocenters. The molecule has 1 aliphatic carbocycles. The lowest BCUT2D eigenvalue weighted by atomic mass is 10.1. The summed E-state index contributed by atoms with van der Waals surface area (Å²) in [5.41, 5.74) is 3.74. The molecule has 23 heavy (non-hydrogen) atoms. The fourth-order valence-corrected chi connectivity index (χ4v) is 3.26. The number of nitrogens with zero attached hydrogens (tertiary/aromatic N) is 1. The molecule has 1 heterocycles. The molecule has 2 aliphatic rings. The monoisotopic (exact) mass is 327 g/mol. The van der Waals surface area contributed by atoms with Crippen molar-refractivity contribution in [2.24, 2.45) is 0 Å². The number of hydrogen-bond acceptors (Lipinski definition) is 4. The van der Waals surface area contributed by atoms with E-state index >= 15 is 0 Å². The standard InChI is InChI=1S/C18H17NO3S/c1-2-22-18(21)16-12-23-8-7-19(16)17(20)11-13-9-14-5-3-4-6-15(14)10-13/h3-9,12H,2,10-11H2,1H3. The number of rotatable bonds is 4. The minimum absolute atomic E-state index is 0.125. The van der Waals surface area contributed by atoms with Crippen LogP contribution in [0.5, 0.6) is 0 Å². The zero-order chi connectivity index (χ0) is 16.2. The molecule has 3 rings (SSSR count). The van der Waals surface area contributed by atoms with E-state index in [1.165, 1.54) is 27.8 Å². The van der Waals surface area contributed by atoms with Crippen LogP contribution in [-0.2, 0) is 20.7 Å². The van der Waals surface area contributed by atoms with Crippen LogP contribution >= 0.6 is 11.8 Å². The molecule has 1 aromatic carbocycles. The third-order valence-corrected chi connectivity index (χ3v) is 4.33. The van der Waals surface area contributed by atoms with Crippen molar-refractivity contribution in [1.82, 2.24) is 4.90 Å². The van der Waals surface area contributed by atoms with Crippen LogP contribution in [0.25, 0.3) is 6.08 Å². The summed E-state index contributed by atoms with van der Waals surface area (Å²) < 4.78 is 5.02. The summed E-state index contributed by atoms with van der Waals surface area (Å²) in [5.74, 6) is -0.596. The minimum Gasteiger partial charge on any atom is -0.461 e. The van der Waals surface area contributed by atoms with Gasteiger partial charge in [0.15, 0.2) is 0 Å². The molecule has 0 bridgehead atoms. The first-order valence-electron chi connectivity index (χ1n) is 7.48. The van der Waals surface area contributed by atoms with Crippen molar-refractivity contribution in [2.75, 3.05) is 6.61 Å². The number of hydrogen-bond donors (Lipinski definition) is 0. The van der Waals surface area contributed by atoms with Crippen molar-refractivity contribution < 1.29 is 14.3 Å². The zero-order valence-corrected chi connectivity index (χ0v) is 13.6. The number of ether oxygens (including phenoxy) is 1. The Balaban J connectivity index is 1.71. The van der Waals surface area contributed by atoms with E-state index in [4.69, 9.17) is 4.74 Å². The summed E-state index contributed by atoms with van der Waals surface area (Å²) in [6.07, 6.45) is 4.76. The normalized spacial score (nSPS) is 15.8. The van der Waals surface area contributed by atoms with Crippen LogP contribution in [0.15, 0.2) is 52.6 Å². The fraction of sp³-hybridized carbons (Fsp3) is 0.222. The smallest absolute Gasteiger partial charge is 0.355 e. The van der Waals surface area contributed by atoms with E-state index in [-0.39, 0.29) is 18.2 Å². The quantitative estimate of drug-likeness (QED) is 0.795. The molecular formula is C18H17NO3S. The summed E-state index contributed by atoms with van der Waals surface area (Å²) in [6.45, 7) is 2.03. The number of amides is 1. The van der Waals surface area contributed by atoms with Gasteiger partial charge >= 0.3 is 5.97 Å². The molecule has 0 fully saturated rings. The molecule has 0 unspecified atom stereocenters. The summed E-state index contributed by atoms with van der Waals surface area (Å²) in [7, 11) is 0. The molecule has 0 spiro atoms. The van der Waals surface area contributed by atoms with Crippen molar-refractivity contribution in [2.45, 2.75) is 19.8 Å². The van der Waals surface area contributed by atoms with E-state index in [9.17, 15) is 9.59 Å². The maximum Gasteiger partial charge on any atom is 0.355 e. The lowest BCUT2D eigenvalue weighted by Gasteiger charge is -2.22. The summed E-state index contributed by atoms with van der Waals surface area (Å²) in [5, 5.41) is 3.42. The Hall–Kier alpha value is -2.27. The second-order valence-corrected chi connectivity index (χ2v) is 6.04. The van der Waals surface area contributed by atoms with Crippen molar-refractivity contribution in [3.05, 3.63) is 63.7 Å². The molecule has 1 aliphatic heterocycles. The SMILES string of the molecule is CCOC(=O)C1=CSC=CN1C(=O)CC1=Cc2ccccc2C1. The highest BCUT2D eigenvalue weighted by Gasteiger charge is 2.26. The first kappa shape index (κ1) is 15.6. The number of carbonyl (C=O) groups is 2. The second-order valence-electron chi connectivity index (χ2n) is 5.26. The van der Waals surface area contributed by atoms with Crippen LogP contribution in [-0.4, -0.2) is 23.4 Å². The predicted octanol–water partition coefficient (Wildman–Crippen LogP) is 3.47. The summed E-state index contributed by atoms with van der Waals surface area (Å²) in [4.78, 5) is 26.0. The molecule has 118 valence electrons. The Morgan fingerprint density at radius 1 is 1.30 bits per heavy atom. The van der Waals surface area contributed by atoms with Crippen LogP contribution < -0.4 is 0 Å². The fourth-order valence-electron chi connectivity index (χ4n) is 2.65. The van der Waals surface area contributed by atoms with E-state index < -0.39 is 5.97 Å². The van der Waals surface area contributed by atoms with E-state index in [1.54, 1.807) is 23.9 Å². The van der Waals surface area contributed by atoms with Crippen LogP contribution in [0.3, 0.4) is 0 Å². The van der Waals surface area contributed by atoms with Gasteiger partial charge in [0.25, 0.3) is 0 Å². The van der Waals surface area contributed by atoms with Crippen molar-refractivity contribution >= 4 is 29.7 Å². The highest BCUT2D eigenvalue weighted by Crippen LogP contribution is 2.29. The molecule has 5 heteroatoms.